The van der Waals surface area contributed by atoms with E-state index in [1.165, 1.54) is 30.7 Å². The van der Waals surface area contributed by atoms with Crippen molar-refractivity contribution in [1.29, 1.82) is 5.26 Å². The second-order valence-corrected chi connectivity index (χ2v) is 6.83. The molecule has 4 heteroatoms. The van der Waals surface area contributed by atoms with Gasteiger partial charge in [-0.1, -0.05) is 23.9 Å². The molecule has 1 aliphatic carbocycles. The van der Waals surface area contributed by atoms with E-state index in [1.54, 1.807) is 5.41 Å². The average Bonchev–Trinajstić information content (AvgIpc) is 3.30. The first-order valence-electron chi connectivity index (χ1n) is 7.14. The fourth-order valence-corrected chi connectivity index (χ4v) is 2.58. The van der Waals surface area contributed by atoms with Crippen molar-refractivity contribution in [3.8, 4) is 6.07 Å². The predicted octanol–water partition coefficient (Wildman–Crippen LogP) is 3.62. The maximum absolute atomic E-state index is 12.3. The zero-order valence-corrected chi connectivity index (χ0v) is 13.2. The lowest BCUT2D eigenvalue weighted by molar-refractivity contribution is -0.125. The van der Waals surface area contributed by atoms with Crippen molar-refractivity contribution in [2.45, 2.75) is 37.0 Å². The van der Waals surface area contributed by atoms with Crippen LogP contribution in [0.25, 0.3) is 0 Å². The number of benzene rings is 1. The van der Waals surface area contributed by atoms with E-state index in [0.717, 1.165) is 17.0 Å². The largest absolute Gasteiger partial charge is 0.355 e. The third kappa shape index (κ3) is 4.37. The van der Waals surface area contributed by atoms with Crippen LogP contribution in [-0.4, -0.2) is 12.5 Å². The van der Waals surface area contributed by atoms with Crippen LogP contribution in [0.2, 0.25) is 0 Å². The molecule has 0 bridgehead atoms. The Morgan fingerprint density at radius 3 is 2.67 bits per heavy atom. The molecular formula is C17H20N2OS. The molecule has 1 amide bonds. The van der Waals surface area contributed by atoms with E-state index in [0.29, 0.717) is 5.92 Å². The molecule has 1 aromatic carbocycles. The summed E-state index contributed by atoms with van der Waals surface area (Å²) in [7, 11) is 0. The summed E-state index contributed by atoms with van der Waals surface area (Å²) in [4.78, 5) is 13.4. The summed E-state index contributed by atoms with van der Waals surface area (Å²) >= 11 is 1.49. The topological polar surface area (TPSA) is 52.9 Å². The number of nitriles is 1. The van der Waals surface area contributed by atoms with Crippen molar-refractivity contribution in [3.63, 3.8) is 0 Å². The Morgan fingerprint density at radius 1 is 1.43 bits per heavy atom. The summed E-state index contributed by atoms with van der Waals surface area (Å²) < 4.78 is 0. The molecule has 1 saturated carbocycles. The molecular weight excluding hydrogens is 280 g/mol. The number of amides is 1. The molecule has 0 aromatic heterocycles. The molecule has 1 N–H and O–H groups in total. The highest BCUT2D eigenvalue weighted by atomic mass is 32.2. The zero-order chi connectivity index (χ0) is 15.3. The Hall–Kier alpha value is -1.73. The molecule has 3 nitrogen and oxygen atoms in total. The van der Waals surface area contributed by atoms with E-state index in [1.807, 2.05) is 44.2 Å². The molecule has 0 radical (unpaired) electrons. The Labute approximate surface area is 130 Å². The van der Waals surface area contributed by atoms with Crippen LogP contribution < -0.4 is 5.32 Å². The molecule has 1 aliphatic rings. The van der Waals surface area contributed by atoms with Gasteiger partial charge >= 0.3 is 0 Å². The Kier molecular flexibility index (Phi) is 5.08. The summed E-state index contributed by atoms with van der Waals surface area (Å²) in [6.07, 6.45) is 3.93. The number of nitrogens with one attached hydrogen (secondary N) is 1. The minimum atomic E-state index is -0.527. The molecule has 0 unspecified atom stereocenters. The molecule has 0 aliphatic heterocycles. The number of carbonyl (C=O) groups excluding carboxylic acids is 1. The lowest BCUT2D eigenvalue weighted by Crippen LogP contribution is -2.40. The minimum Gasteiger partial charge on any atom is -0.355 e. The third-order valence-electron chi connectivity index (χ3n) is 3.74. The van der Waals surface area contributed by atoms with Gasteiger partial charge in [-0.2, -0.15) is 5.26 Å². The van der Waals surface area contributed by atoms with E-state index in [9.17, 15) is 4.79 Å². The van der Waals surface area contributed by atoms with Gasteiger partial charge in [0.1, 0.15) is 0 Å². The second-order valence-electron chi connectivity index (χ2n) is 5.85. The van der Waals surface area contributed by atoms with E-state index < -0.39 is 5.41 Å². The van der Waals surface area contributed by atoms with Crippen LogP contribution in [0.4, 0.5) is 0 Å². The minimum absolute atomic E-state index is 0.0826. The number of hydrogen-bond donors (Lipinski definition) is 1. The van der Waals surface area contributed by atoms with Gasteiger partial charge in [0.2, 0.25) is 5.91 Å². The van der Waals surface area contributed by atoms with Crippen LogP contribution >= 0.6 is 11.8 Å². The standard InChI is InChI=1S/C17H20N2OS/c1-17(2,16(20)19-12-13-4-5-13)14-6-8-15(9-7-14)21-11-3-10-18/h3,6-9,11,13H,4-5,12H2,1-2H3,(H,19,20)/b11-3+. The fourth-order valence-electron chi connectivity index (χ4n) is 2.00. The van der Waals surface area contributed by atoms with Crippen LogP contribution in [0, 0.1) is 17.2 Å². The second kappa shape index (κ2) is 6.82. The van der Waals surface area contributed by atoms with Crippen LogP contribution in [0.1, 0.15) is 32.3 Å². The molecule has 0 saturated heterocycles. The highest BCUT2D eigenvalue weighted by molar-refractivity contribution is 8.02. The molecule has 0 heterocycles. The Bertz CT molecular complexity index is 565. The van der Waals surface area contributed by atoms with Crippen molar-refractivity contribution >= 4 is 17.7 Å². The van der Waals surface area contributed by atoms with Crippen LogP contribution in [0.15, 0.2) is 40.6 Å². The van der Waals surface area contributed by atoms with Crippen LogP contribution in [0.5, 0.6) is 0 Å². The molecule has 1 fully saturated rings. The van der Waals surface area contributed by atoms with Crippen molar-refractivity contribution in [1.82, 2.24) is 5.32 Å². The summed E-state index contributed by atoms with van der Waals surface area (Å²) in [6.45, 7) is 4.70. The Balaban J connectivity index is 1.99. The molecule has 21 heavy (non-hydrogen) atoms. The summed E-state index contributed by atoms with van der Waals surface area (Å²) in [5.74, 6) is 0.773. The van der Waals surface area contributed by atoms with Gasteiger partial charge in [0.25, 0.3) is 0 Å². The summed E-state index contributed by atoms with van der Waals surface area (Å²) in [5.41, 5.74) is 0.477. The normalized spacial score (nSPS) is 14.9. The number of nitrogens with zero attached hydrogens (tertiary/aromatic N) is 1. The molecule has 110 valence electrons. The highest BCUT2D eigenvalue weighted by Gasteiger charge is 2.31. The van der Waals surface area contributed by atoms with E-state index in [2.05, 4.69) is 5.32 Å². The van der Waals surface area contributed by atoms with Gasteiger partial charge in [-0.3, -0.25) is 4.79 Å². The maximum atomic E-state index is 12.3. The van der Waals surface area contributed by atoms with Crippen molar-refractivity contribution < 1.29 is 4.79 Å². The first kappa shape index (κ1) is 15.7. The SMILES string of the molecule is CC(C)(C(=O)NCC1CC1)c1ccc(S/C=C/C#N)cc1. The Morgan fingerprint density at radius 2 is 2.10 bits per heavy atom. The molecule has 0 spiro atoms. The zero-order valence-electron chi connectivity index (χ0n) is 12.4. The lowest BCUT2D eigenvalue weighted by Gasteiger charge is -2.24. The van der Waals surface area contributed by atoms with Gasteiger partial charge in [-0.05, 0) is 55.7 Å². The van der Waals surface area contributed by atoms with Gasteiger partial charge in [0.15, 0.2) is 0 Å². The van der Waals surface area contributed by atoms with Crippen molar-refractivity contribution in [2.75, 3.05) is 6.54 Å². The van der Waals surface area contributed by atoms with Crippen molar-refractivity contribution in [3.05, 3.63) is 41.3 Å². The smallest absolute Gasteiger partial charge is 0.230 e. The summed E-state index contributed by atoms with van der Waals surface area (Å²) in [5, 5.41) is 13.3. The fraction of sp³-hybridized carbons (Fsp3) is 0.412. The van der Waals surface area contributed by atoms with Gasteiger partial charge < -0.3 is 5.32 Å². The lowest BCUT2D eigenvalue weighted by atomic mass is 9.84. The quantitative estimate of drug-likeness (QED) is 0.645. The number of hydrogen-bond acceptors (Lipinski definition) is 3. The maximum Gasteiger partial charge on any atom is 0.230 e. The number of carbonyl (C=O) groups is 1. The van der Waals surface area contributed by atoms with Crippen LogP contribution in [0.3, 0.4) is 0 Å². The van der Waals surface area contributed by atoms with Crippen LogP contribution in [-0.2, 0) is 10.2 Å². The third-order valence-corrected chi connectivity index (χ3v) is 4.56. The number of thioether (sulfide) groups is 1. The van der Waals surface area contributed by atoms with Gasteiger partial charge in [0, 0.05) is 17.5 Å². The van der Waals surface area contributed by atoms with Crippen molar-refractivity contribution in [2.24, 2.45) is 5.92 Å². The highest BCUT2D eigenvalue weighted by Crippen LogP contribution is 2.29. The van der Waals surface area contributed by atoms with Gasteiger partial charge in [0.05, 0.1) is 11.5 Å². The molecule has 2 rings (SSSR count). The average molecular weight is 300 g/mol. The number of rotatable bonds is 6. The number of allylic oxidation sites excluding steroid dienone is 1. The van der Waals surface area contributed by atoms with E-state index in [-0.39, 0.29) is 5.91 Å². The first-order valence-corrected chi connectivity index (χ1v) is 8.02. The summed E-state index contributed by atoms with van der Waals surface area (Å²) in [6, 6.07) is 9.90. The molecule has 1 aromatic rings. The predicted molar refractivity (Wildman–Crippen MR) is 85.8 cm³/mol. The van der Waals surface area contributed by atoms with E-state index >= 15 is 0 Å². The van der Waals surface area contributed by atoms with Gasteiger partial charge in [-0.25, -0.2) is 0 Å². The van der Waals surface area contributed by atoms with Gasteiger partial charge in [-0.15, -0.1) is 0 Å². The monoisotopic (exact) mass is 300 g/mol. The first-order chi connectivity index (χ1) is 10.0. The van der Waals surface area contributed by atoms with E-state index in [4.69, 9.17) is 5.26 Å². The molecule has 0 atom stereocenters.